The van der Waals surface area contributed by atoms with Gasteiger partial charge in [0, 0.05) is 0 Å². The highest BCUT2D eigenvalue weighted by molar-refractivity contribution is 6.48. The molecule has 15 heavy (non-hydrogen) atoms. The summed E-state index contributed by atoms with van der Waals surface area (Å²) < 4.78 is 5.50. The fourth-order valence-corrected chi connectivity index (χ4v) is 1.77. The maximum atomic E-state index is 5.50. The van der Waals surface area contributed by atoms with Crippen molar-refractivity contribution < 1.29 is 4.43 Å². The molecule has 1 rings (SSSR count). The van der Waals surface area contributed by atoms with Crippen LogP contribution in [0, 0.1) is 0 Å². The van der Waals surface area contributed by atoms with Crippen molar-refractivity contribution in [2.75, 3.05) is 0 Å². The molecule has 0 aliphatic rings. The number of hydrogen-bond acceptors (Lipinski definition) is 1. The highest BCUT2D eigenvalue weighted by Crippen LogP contribution is 2.20. The van der Waals surface area contributed by atoms with Crippen molar-refractivity contribution in [1.82, 2.24) is 0 Å². The molecule has 0 aliphatic heterocycles. The van der Waals surface area contributed by atoms with Gasteiger partial charge in [0.25, 0.3) is 9.04 Å². The van der Waals surface area contributed by atoms with Gasteiger partial charge in [0.05, 0.1) is 6.26 Å². The summed E-state index contributed by atoms with van der Waals surface area (Å²) in [5.41, 5.74) is 2.63. The summed E-state index contributed by atoms with van der Waals surface area (Å²) in [5.74, 6) is 0.555. The summed E-state index contributed by atoms with van der Waals surface area (Å²) in [6.07, 6.45) is 3.89. The predicted molar refractivity (Wildman–Crippen MR) is 68.1 cm³/mol. The Bertz CT molecular complexity index is 329. The molecule has 0 amide bonds. The minimum atomic E-state index is -0.624. The maximum absolute atomic E-state index is 5.50. The van der Waals surface area contributed by atoms with Gasteiger partial charge >= 0.3 is 0 Å². The molecule has 1 aromatic rings. The fourth-order valence-electron chi connectivity index (χ4n) is 1.43. The Morgan fingerprint density at radius 1 is 1.20 bits per heavy atom. The summed E-state index contributed by atoms with van der Waals surface area (Å²) in [6, 6.07) is 8.46. The molecule has 0 spiro atoms. The molecule has 0 saturated heterocycles. The van der Waals surface area contributed by atoms with Crippen LogP contribution in [0.15, 0.2) is 30.5 Å². The summed E-state index contributed by atoms with van der Waals surface area (Å²) in [4.78, 5) is 0. The van der Waals surface area contributed by atoms with E-state index in [1.807, 2.05) is 6.26 Å². The third-order valence-corrected chi connectivity index (χ3v) is 2.78. The Morgan fingerprint density at radius 3 is 2.47 bits per heavy atom. The average molecular weight is 219 g/mol. The van der Waals surface area contributed by atoms with Crippen molar-refractivity contribution in [2.24, 2.45) is 0 Å². The molecule has 0 heterocycles. The molecular weight excluding hydrogens is 200 g/mol. The molecule has 81 valence electrons. The van der Waals surface area contributed by atoms with Crippen LogP contribution in [-0.4, -0.2) is 9.04 Å². The zero-order valence-corrected chi connectivity index (χ0v) is 10.9. The van der Waals surface area contributed by atoms with E-state index in [9.17, 15) is 0 Å². The van der Waals surface area contributed by atoms with Crippen LogP contribution in [-0.2, 0) is 4.43 Å². The van der Waals surface area contributed by atoms with E-state index in [0.29, 0.717) is 5.92 Å². The van der Waals surface area contributed by atoms with Crippen molar-refractivity contribution in [3.05, 3.63) is 41.7 Å². The second kappa shape index (κ2) is 5.76. The predicted octanol–water partition coefficient (Wildman–Crippen LogP) is 4.05. The van der Waals surface area contributed by atoms with Crippen LogP contribution in [0.1, 0.15) is 30.9 Å². The summed E-state index contributed by atoms with van der Waals surface area (Å²) >= 11 is 0. The molecule has 1 nitrogen and oxygen atoms in total. The highest BCUT2D eigenvalue weighted by atomic mass is 28.3. The van der Waals surface area contributed by atoms with Crippen LogP contribution in [0.25, 0.3) is 6.08 Å². The van der Waals surface area contributed by atoms with Crippen molar-refractivity contribution in [1.29, 1.82) is 0 Å². The molecule has 1 aromatic carbocycles. The Labute approximate surface area is 94.5 Å². The van der Waals surface area contributed by atoms with Gasteiger partial charge in [0.15, 0.2) is 0 Å². The molecule has 0 fully saturated rings. The molecule has 0 atom stereocenters. The third kappa shape index (κ3) is 3.92. The lowest BCUT2D eigenvalue weighted by Gasteiger charge is -2.09. The Kier molecular flexibility index (Phi) is 4.63. The van der Waals surface area contributed by atoms with E-state index in [1.54, 1.807) is 0 Å². The number of rotatable bonds is 4. The van der Waals surface area contributed by atoms with Crippen LogP contribution in [0.2, 0.25) is 13.1 Å². The van der Waals surface area contributed by atoms with Gasteiger partial charge in [-0.05, 0) is 36.2 Å². The SMILES string of the molecule is CC(C)c1ccccc1C=CO[Si](C)C. The van der Waals surface area contributed by atoms with Gasteiger partial charge in [0.1, 0.15) is 0 Å². The first kappa shape index (κ1) is 12.0. The summed E-state index contributed by atoms with van der Waals surface area (Å²) in [6.45, 7) is 8.68. The minimum Gasteiger partial charge on any atom is -0.548 e. The molecule has 0 aromatic heterocycles. The molecule has 2 heteroatoms. The summed E-state index contributed by atoms with van der Waals surface area (Å²) in [5, 5.41) is 0. The first-order valence-corrected chi connectivity index (χ1v) is 7.74. The lowest BCUT2D eigenvalue weighted by molar-refractivity contribution is 0.505. The smallest absolute Gasteiger partial charge is 0.273 e. The van der Waals surface area contributed by atoms with E-state index in [-0.39, 0.29) is 0 Å². The van der Waals surface area contributed by atoms with Crippen LogP contribution < -0.4 is 0 Å². The van der Waals surface area contributed by atoms with Gasteiger partial charge in [0.2, 0.25) is 0 Å². The molecule has 0 unspecified atom stereocenters. The second-order valence-electron chi connectivity index (χ2n) is 4.11. The molecule has 0 saturated carbocycles. The van der Waals surface area contributed by atoms with Crippen molar-refractivity contribution in [3.63, 3.8) is 0 Å². The molecule has 0 aliphatic carbocycles. The first-order valence-electron chi connectivity index (χ1n) is 5.33. The highest BCUT2D eigenvalue weighted by Gasteiger charge is 2.02. The average Bonchev–Trinajstić information content (AvgIpc) is 2.17. The van der Waals surface area contributed by atoms with Gasteiger partial charge < -0.3 is 4.43 Å². The normalized spacial score (nSPS) is 11.6. The number of hydrogen-bond donors (Lipinski definition) is 0. The topological polar surface area (TPSA) is 9.23 Å². The molecule has 0 bridgehead atoms. The quantitative estimate of drug-likeness (QED) is 0.548. The number of benzene rings is 1. The van der Waals surface area contributed by atoms with E-state index >= 15 is 0 Å². The lowest BCUT2D eigenvalue weighted by atomic mass is 9.97. The largest absolute Gasteiger partial charge is 0.548 e. The maximum Gasteiger partial charge on any atom is 0.273 e. The Morgan fingerprint density at radius 2 is 1.87 bits per heavy atom. The van der Waals surface area contributed by atoms with Crippen molar-refractivity contribution in [3.8, 4) is 0 Å². The van der Waals surface area contributed by atoms with Crippen LogP contribution in [0.5, 0.6) is 0 Å². The monoisotopic (exact) mass is 219 g/mol. The van der Waals surface area contributed by atoms with E-state index < -0.39 is 9.04 Å². The van der Waals surface area contributed by atoms with Crippen molar-refractivity contribution >= 4 is 15.1 Å². The minimum absolute atomic E-state index is 0.555. The van der Waals surface area contributed by atoms with Crippen LogP contribution >= 0.6 is 0 Å². The van der Waals surface area contributed by atoms with Gasteiger partial charge in [-0.2, -0.15) is 0 Å². The molecular formula is C13H19OSi. The van der Waals surface area contributed by atoms with E-state index in [2.05, 4.69) is 57.3 Å². The third-order valence-electron chi connectivity index (χ3n) is 2.17. The van der Waals surface area contributed by atoms with Gasteiger partial charge in [-0.15, -0.1) is 0 Å². The zero-order chi connectivity index (χ0) is 11.3. The Balaban J connectivity index is 2.80. The van der Waals surface area contributed by atoms with Gasteiger partial charge in [-0.25, -0.2) is 0 Å². The molecule has 1 radical (unpaired) electrons. The van der Waals surface area contributed by atoms with Crippen LogP contribution in [0.3, 0.4) is 0 Å². The lowest BCUT2D eigenvalue weighted by Crippen LogP contribution is -2.01. The second-order valence-corrected chi connectivity index (χ2v) is 6.16. The van der Waals surface area contributed by atoms with Gasteiger partial charge in [-0.1, -0.05) is 38.1 Å². The first-order chi connectivity index (χ1) is 7.11. The molecule has 0 N–H and O–H groups in total. The van der Waals surface area contributed by atoms with Crippen LogP contribution in [0.4, 0.5) is 0 Å². The van der Waals surface area contributed by atoms with Crippen molar-refractivity contribution in [2.45, 2.75) is 32.9 Å². The van der Waals surface area contributed by atoms with E-state index in [4.69, 9.17) is 4.43 Å². The fraction of sp³-hybridized carbons (Fsp3) is 0.385. The van der Waals surface area contributed by atoms with E-state index in [1.165, 1.54) is 11.1 Å². The standard InChI is InChI=1S/C13H19OSi/c1-11(2)13-8-6-5-7-12(13)9-10-14-15(3)4/h5-11H,1-4H3. The zero-order valence-electron chi connectivity index (χ0n) is 9.95. The van der Waals surface area contributed by atoms with E-state index in [0.717, 1.165) is 0 Å². The Hall–Kier alpha value is -1.02. The van der Waals surface area contributed by atoms with Gasteiger partial charge in [-0.3, -0.25) is 0 Å². The summed E-state index contributed by atoms with van der Waals surface area (Å²) in [7, 11) is -0.624.